The van der Waals surface area contributed by atoms with Gasteiger partial charge in [0.05, 0.1) is 17.4 Å². The van der Waals surface area contributed by atoms with Crippen molar-refractivity contribution in [3.63, 3.8) is 0 Å². The number of hydrazine groups is 1. The number of nitrogens with one attached hydrogen (secondary N) is 2. The topological polar surface area (TPSA) is 116 Å². The molecule has 3 rings (SSSR count). The predicted molar refractivity (Wildman–Crippen MR) is 93.0 cm³/mol. The van der Waals surface area contributed by atoms with E-state index in [1.54, 1.807) is 37.3 Å². The molecule has 0 spiro atoms. The van der Waals surface area contributed by atoms with Crippen molar-refractivity contribution in [3.8, 4) is 17.2 Å². The van der Waals surface area contributed by atoms with Crippen LogP contribution in [0.2, 0.25) is 0 Å². The van der Waals surface area contributed by atoms with Crippen LogP contribution >= 0.6 is 0 Å². The van der Waals surface area contributed by atoms with Gasteiger partial charge in [-0.15, -0.1) is 0 Å². The van der Waals surface area contributed by atoms with E-state index in [4.69, 9.17) is 0 Å². The molecule has 0 bridgehead atoms. The fourth-order valence-corrected chi connectivity index (χ4v) is 2.31. The summed E-state index contributed by atoms with van der Waals surface area (Å²) >= 11 is 0. The zero-order valence-electron chi connectivity index (χ0n) is 13.8. The number of hydrogen-bond donors (Lipinski definition) is 4. The zero-order valence-corrected chi connectivity index (χ0v) is 13.8. The van der Waals surface area contributed by atoms with Gasteiger partial charge >= 0.3 is 0 Å². The number of phenolic OH excluding ortho intramolecular Hbond substituents is 1. The standard InChI is InChI=1S/C18H16N4O4/c1-11-7-8-14(23)13(9-11)17(25)19-20-18(26)16-15(24)10-22(21-16)12-5-3-2-4-6-12/h2-10,23-24H,1H3,(H,19,25)(H,20,26). The Labute approximate surface area is 148 Å². The number of carbonyl (C=O) groups excluding carboxylic acids is 2. The Morgan fingerprint density at radius 1 is 0.962 bits per heavy atom. The maximum Gasteiger partial charge on any atom is 0.294 e. The number of nitrogens with zero attached hydrogens (tertiary/aromatic N) is 2. The van der Waals surface area contributed by atoms with Crippen LogP contribution in [-0.2, 0) is 0 Å². The fourth-order valence-electron chi connectivity index (χ4n) is 2.31. The van der Waals surface area contributed by atoms with Gasteiger partial charge in [-0.1, -0.05) is 29.8 Å². The minimum Gasteiger partial charge on any atom is -0.507 e. The Balaban J connectivity index is 1.72. The van der Waals surface area contributed by atoms with E-state index in [1.807, 2.05) is 6.07 Å². The number of aromatic hydroxyl groups is 2. The number of amides is 2. The van der Waals surface area contributed by atoms with Crippen LogP contribution in [0.4, 0.5) is 0 Å². The van der Waals surface area contributed by atoms with Gasteiger partial charge in [-0.2, -0.15) is 5.10 Å². The first-order valence-corrected chi connectivity index (χ1v) is 7.70. The highest BCUT2D eigenvalue weighted by Crippen LogP contribution is 2.19. The first-order chi connectivity index (χ1) is 12.5. The number of phenols is 1. The van der Waals surface area contributed by atoms with Gasteiger partial charge in [0.2, 0.25) is 0 Å². The lowest BCUT2D eigenvalue weighted by Crippen LogP contribution is -2.41. The number of hydrogen-bond acceptors (Lipinski definition) is 5. The van der Waals surface area contributed by atoms with Crippen molar-refractivity contribution < 1.29 is 19.8 Å². The average Bonchev–Trinajstić information content (AvgIpc) is 3.04. The molecule has 132 valence electrons. The molecule has 0 atom stereocenters. The van der Waals surface area contributed by atoms with Gasteiger partial charge < -0.3 is 10.2 Å². The first kappa shape index (κ1) is 17.0. The summed E-state index contributed by atoms with van der Waals surface area (Å²) in [5, 5.41) is 23.7. The number of rotatable bonds is 3. The molecule has 1 heterocycles. The van der Waals surface area contributed by atoms with Gasteiger partial charge in [-0.25, -0.2) is 4.68 Å². The van der Waals surface area contributed by atoms with Gasteiger partial charge in [-0.3, -0.25) is 20.4 Å². The number of aromatic nitrogens is 2. The van der Waals surface area contributed by atoms with E-state index in [0.717, 1.165) is 5.56 Å². The van der Waals surface area contributed by atoms with E-state index in [-0.39, 0.29) is 22.8 Å². The predicted octanol–water partition coefficient (Wildman–Crippen LogP) is 1.67. The van der Waals surface area contributed by atoms with Crippen molar-refractivity contribution >= 4 is 11.8 Å². The summed E-state index contributed by atoms with van der Waals surface area (Å²) in [6.07, 6.45) is 1.29. The quantitative estimate of drug-likeness (QED) is 0.535. The van der Waals surface area contributed by atoms with Gasteiger partial charge in [0.1, 0.15) is 5.75 Å². The largest absolute Gasteiger partial charge is 0.507 e. The Kier molecular flexibility index (Phi) is 4.57. The molecule has 2 aromatic carbocycles. The van der Waals surface area contributed by atoms with Gasteiger partial charge in [0.25, 0.3) is 11.8 Å². The number of benzene rings is 2. The fraction of sp³-hybridized carbons (Fsp3) is 0.0556. The van der Waals surface area contributed by atoms with E-state index in [1.165, 1.54) is 23.0 Å². The summed E-state index contributed by atoms with van der Waals surface area (Å²) in [7, 11) is 0. The summed E-state index contributed by atoms with van der Waals surface area (Å²) in [4.78, 5) is 24.3. The average molecular weight is 352 g/mol. The van der Waals surface area contributed by atoms with Crippen LogP contribution in [0.25, 0.3) is 5.69 Å². The number of carbonyl (C=O) groups is 2. The van der Waals surface area contributed by atoms with E-state index >= 15 is 0 Å². The van der Waals surface area contributed by atoms with Crippen molar-refractivity contribution in [2.24, 2.45) is 0 Å². The van der Waals surface area contributed by atoms with E-state index in [2.05, 4.69) is 16.0 Å². The van der Waals surface area contributed by atoms with Gasteiger partial charge in [-0.05, 0) is 31.2 Å². The molecule has 0 aliphatic heterocycles. The molecule has 0 fully saturated rings. The van der Waals surface area contributed by atoms with Crippen molar-refractivity contribution in [1.29, 1.82) is 0 Å². The molecule has 26 heavy (non-hydrogen) atoms. The molecule has 2 amide bonds. The molecule has 8 nitrogen and oxygen atoms in total. The summed E-state index contributed by atoms with van der Waals surface area (Å²) in [5.74, 6) is -2.03. The highest BCUT2D eigenvalue weighted by atomic mass is 16.3. The number of para-hydroxylation sites is 1. The molecule has 0 unspecified atom stereocenters. The molecule has 8 heteroatoms. The lowest BCUT2D eigenvalue weighted by atomic mass is 10.1. The second kappa shape index (κ2) is 6.98. The summed E-state index contributed by atoms with van der Waals surface area (Å²) < 4.78 is 1.35. The minimum atomic E-state index is -0.794. The highest BCUT2D eigenvalue weighted by molar-refractivity contribution is 6.00. The second-order valence-electron chi connectivity index (χ2n) is 5.57. The lowest BCUT2D eigenvalue weighted by molar-refractivity contribution is 0.0840. The Morgan fingerprint density at radius 2 is 1.65 bits per heavy atom. The van der Waals surface area contributed by atoms with Gasteiger partial charge in [0, 0.05) is 0 Å². The smallest absolute Gasteiger partial charge is 0.294 e. The maximum atomic E-state index is 12.2. The summed E-state index contributed by atoms with van der Waals surface area (Å²) in [6, 6.07) is 13.5. The SMILES string of the molecule is Cc1ccc(O)c(C(=O)NNC(=O)c2nn(-c3ccccc3)cc2O)c1. The minimum absolute atomic E-state index is 0.0179. The second-order valence-corrected chi connectivity index (χ2v) is 5.57. The Hall–Kier alpha value is -3.81. The molecule has 0 radical (unpaired) electrons. The van der Waals surface area contributed by atoms with Crippen LogP contribution in [0.5, 0.6) is 11.5 Å². The molecular formula is C18H16N4O4. The summed E-state index contributed by atoms with van der Waals surface area (Å²) in [6.45, 7) is 1.77. The van der Waals surface area contributed by atoms with Gasteiger partial charge in [0.15, 0.2) is 11.4 Å². The van der Waals surface area contributed by atoms with Crippen LogP contribution in [0, 0.1) is 6.92 Å². The van der Waals surface area contributed by atoms with Crippen LogP contribution in [0.1, 0.15) is 26.4 Å². The van der Waals surface area contributed by atoms with Crippen molar-refractivity contribution in [2.45, 2.75) is 6.92 Å². The molecule has 0 saturated carbocycles. The Morgan fingerprint density at radius 3 is 2.38 bits per heavy atom. The molecule has 4 N–H and O–H groups in total. The van der Waals surface area contributed by atoms with E-state index in [0.29, 0.717) is 5.69 Å². The third-order valence-corrected chi connectivity index (χ3v) is 3.62. The summed E-state index contributed by atoms with van der Waals surface area (Å²) in [5.41, 5.74) is 5.56. The van der Waals surface area contributed by atoms with Crippen LogP contribution in [0.15, 0.2) is 54.7 Å². The molecule has 3 aromatic rings. The van der Waals surface area contributed by atoms with Crippen molar-refractivity contribution in [2.75, 3.05) is 0 Å². The third-order valence-electron chi connectivity index (χ3n) is 3.62. The zero-order chi connectivity index (χ0) is 18.7. The maximum absolute atomic E-state index is 12.2. The van der Waals surface area contributed by atoms with E-state index in [9.17, 15) is 19.8 Å². The monoisotopic (exact) mass is 352 g/mol. The van der Waals surface area contributed by atoms with Crippen molar-refractivity contribution in [1.82, 2.24) is 20.6 Å². The number of aryl methyl sites for hydroxylation is 1. The van der Waals surface area contributed by atoms with Crippen molar-refractivity contribution in [3.05, 3.63) is 71.5 Å². The highest BCUT2D eigenvalue weighted by Gasteiger charge is 2.19. The molecule has 0 aliphatic carbocycles. The van der Waals surface area contributed by atoms with Crippen LogP contribution in [0.3, 0.4) is 0 Å². The molecule has 0 aliphatic rings. The third kappa shape index (κ3) is 3.48. The molecule has 1 aromatic heterocycles. The van der Waals surface area contributed by atoms with Crippen LogP contribution in [-0.4, -0.2) is 31.8 Å². The molecular weight excluding hydrogens is 336 g/mol. The van der Waals surface area contributed by atoms with E-state index < -0.39 is 11.8 Å². The normalized spacial score (nSPS) is 10.3. The Bertz CT molecular complexity index is 967. The lowest BCUT2D eigenvalue weighted by Gasteiger charge is -2.08. The van der Waals surface area contributed by atoms with Crippen LogP contribution < -0.4 is 10.9 Å². The first-order valence-electron chi connectivity index (χ1n) is 7.70. The molecule has 0 saturated heterocycles.